The number of carbonyl (C=O) groups excluding carboxylic acids is 1. The van der Waals surface area contributed by atoms with Crippen molar-refractivity contribution in [1.82, 2.24) is 0 Å². The summed E-state index contributed by atoms with van der Waals surface area (Å²) in [6, 6.07) is 7.20. The maximum absolute atomic E-state index is 12.1. The zero-order valence-electron chi connectivity index (χ0n) is 10.7. The normalized spacial score (nSPS) is 21.9. The summed E-state index contributed by atoms with van der Waals surface area (Å²) in [5.74, 6) is -0.615. The van der Waals surface area contributed by atoms with E-state index >= 15 is 0 Å². The zero-order chi connectivity index (χ0) is 13.9. The molecule has 0 saturated heterocycles. The molecule has 1 spiro atoms. The molecule has 102 valence electrons. The molecular weight excluding hydrogens is 274 g/mol. The molecule has 1 aromatic heterocycles. The Balaban J connectivity index is 1.57. The van der Waals surface area contributed by atoms with Crippen LogP contribution < -0.4 is 5.32 Å². The molecule has 4 nitrogen and oxygen atoms in total. The number of thiophene rings is 1. The fourth-order valence-corrected chi connectivity index (χ4v) is 3.77. The van der Waals surface area contributed by atoms with E-state index in [-0.39, 0.29) is 11.8 Å². The maximum atomic E-state index is 12.1. The Labute approximate surface area is 119 Å². The van der Waals surface area contributed by atoms with Gasteiger partial charge in [-0.2, -0.15) is 0 Å². The van der Waals surface area contributed by atoms with E-state index in [4.69, 9.17) is 5.11 Å². The number of hydrogen-bond donors (Lipinski definition) is 2. The van der Waals surface area contributed by atoms with Gasteiger partial charge in [0, 0.05) is 16.3 Å². The van der Waals surface area contributed by atoms with Gasteiger partial charge < -0.3 is 10.4 Å². The highest BCUT2D eigenvalue weighted by Gasteiger charge is 2.65. The number of amides is 1. The van der Waals surface area contributed by atoms with E-state index in [1.54, 1.807) is 6.07 Å². The predicted octanol–water partition coefficient (Wildman–Crippen LogP) is 3.34. The first-order chi connectivity index (χ1) is 9.57. The van der Waals surface area contributed by atoms with Crippen LogP contribution in [0.25, 0.3) is 10.1 Å². The van der Waals surface area contributed by atoms with E-state index in [9.17, 15) is 9.59 Å². The third-order valence-electron chi connectivity index (χ3n) is 4.39. The van der Waals surface area contributed by atoms with Gasteiger partial charge in [-0.1, -0.05) is 0 Å². The van der Waals surface area contributed by atoms with Crippen LogP contribution in [0.4, 0.5) is 5.69 Å². The summed E-state index contributed by atoms with van der Waals surface area (Å²) in [6.45, 7) is 0. The molecule has 5 heteroatoms. The third kappa shape index (κ3) is 1.81. The average Bonchev–Trinajstić information content (AvgIpc) is 3.30. The molecule has 4 rings (SSSR count). The molecule has 1 unspecified atom stereocenters. The van der Waals surface area contributed by atoms with Crippen molar-refractivity contribution in [3.63, 3.8) is 0 Å². The van der Waals surface area contributed by atoms with Gasteiger partial charge in [-0.25, -0.2) is 4.79 Å². The lowest BCUT2D eigenvalue weighted by molar-refractivity contribution is -0.117. The molecule has 2 aromatic rings. The number of carboxylic acids is 1. The van der Waals surface area contributed by atoms with Crippen LogP contribution in [0.15, 0.2) is 24.3 Å². The third-order valence-corrected chi connectivity index (χ3v) is 5.50. The van der Waals surface area contributed by atoms with Crippen molar-refractivity contribution in [2.45, 2.75) is 19.3 Å². The van der Waals surface area contributed by atoms with Crippen molar-refractivity contribution in [3.8, 4) is 0 Å². The predicted molar refractivity (Wildman–Crippen MR) is 77.2 cm³/mol. The summed E-state index contributed by atoms with van der Waals surface area (Å²) in [5, 5.41) is 12.8. The topological polar surface area (TPSA) is 66.4 Å². The monoisotopic (exact) mass is 287 g/mol. The van der Waals surface area contributed by atoms with Crippen LogP contribution in [0.2, 0.25) is 0 Å². The minimum atomic E-state index is -0.912. The van der Waals surface area contributed by atoms with E-state index in [0.29, 0.717) is 10.3 Å². The summed E-state index contributed by atoms with van der Waals surface area (Å²) < 4.78 is 0.922. The first-order valence-corrected chi connectivity index (χ1v) is 7.47. The maximum Gasteiger partial charge on any atom is 0.345 e. The van der Waals surface area contributed by atoms with Gasteiger partial charge in [-0.3, -0.25) is 4.79 Å². The Morgan fingerprint density at radius 1 is 1.30 bits per heavy atom. The van der Waals surface area contributed by atoms with Crippen molar-refractivity contribution in [1.29, 1.82) is 0 Å². The Bertz CT molecular complexity index is 745. The van der Waals surface area contributed by atoms with Crippen LogP contribution in [0, 0.1) is 11.3 Å². The fourth-order valence-electron chi connectivity index (χ4n) is 2.89. The molecule has 2 aliphatic carbocycles. The lowest BCUT2D eigenvalue weighted by Crippen LogP contribution is -2.14. The Morgan fingerprint density at radius 3 is 2.75 bits per heavy atom. The number of rotatable bonds is 3. The number of carboxylic acid groups (broad SMARTS) is 1. The average molecular weight is 287 g/mol. The van der Waals surface area contributed by atoms with E-state index in [2.05, 4.69) is 5.32 Å². The highest BCUT2D eigenvalue weighted by molar-refractivity contribution is 7.20. The molecule has 2 N–H and O–H groups in total. The van der Waals surface area contributed by atoms with Gasteiger partial charge in [0.05, 0.1) is 0 Å². The van der Waals surface area contributed by atoms with Crippen LogP contribution in [-0.2, 0) is 4.79 Å². The van der Waals surface area contributed by atoms with Gasteiger partial charge in [0.15, 0.2) is 0 Å². The van der Waals surface area contributed by atoms with Gasteiger partial charge in [-0.05, 0) is 54.3 Å². The summed E-state index contributed by atoms with van der Waals surface area (Å²) in [4.78, 5) is 23.3. The molecule has 0 aliphatic heterocycles. The van der Waals surface area contributed by atoms with Gasteiger partial charge in [0.2, 0.25) is 5.91 Å². The van der Waals surface area contributed by atoms with E-state index in [0.717, 1.165) is 22.2 Å². The number of carbonyl (C=O) groups is 2. The van der Waals surface area contributed by atoms with Crippen LogP contribution >= 0.6 is 11.3 Å². The molecule has 2 aliphatic rings. The van der Waals surface area contributed by atoms with Gasteiger partial charge in [0.1, 0.15) is 4.88 Å². The number of nitrogens with one attached hydrogen (secondary N) is 1. The molecule has 1 aromatic carbocycles. The van der Waals surface area contributed by atoms with Gasteiger partial charge >= 0.3 is 5.97 Å². The van der Waals surface area contributed by atoms with Gasteiger partial charge in [-0.15, -0.1) is 11.3 Å². The molecule has 1 heterocycles. The smallest absolute Gasteiger partial charge is 0.345 e. The summed E-state index contributed by atoms with van der Waals surface area (Å²) in [6.07, 6.45) is 3.41. The van der Waals surface area contributed by atoms with Crippen molar-refractivity contribution in [2.24, 2.45) is 11.3 Å². The zero-order valence-corrected chi connectivity index (χ0v) is 11.5. The molecule has 2 saturated carbocycles. The van der Waals surface area contributed by atoms with Crippen LogP contribution in [0.1, 0.15) is 28.9 Å². The van der Waals surface area contributed by atoms with E-state index in [1.165, 1.54) is 24.2 Å². The van der Waals surface area contributed by atoms with Crippen LogP contribution in [-0.4, -0.2) is 17.0 Å². The van der Waals surface area contributed by atoms with Crippen LogP contribution in [0.5, 0.6) is 0 Å². The minimum absolute atomic E-state index is 0.107. The minimum Gasteiger partial charge on any atom is -0.477 e. The van der Waals surface area contributed by atoms with Crippen molar-refractivity contribution < 1.29 is 14.7 Å². The highest BCUT2D eigenvalue weighted by Crippen LogP contribution is 2.70. The lowest BCUT2D eigenvalue weighted by atomic mass is 10.2. The quantitative estimate of drug-likeness (QED) is 0.910. The summed E-state index contributed by atoms with van der Waals surface area (Å²) in [5.41, 5.74) is 1.10. The number of aromatic carboxylic acids is 1. The first-order valence-electron chi connectivity index (χ1n) is 6.65. The Hall–Kier alpha value is -1.88. The first kappa shape index (κ1) is 11.9. The molecule has 2 fully saturated rings. The van der Waals surface area contributed by atoms with Crippen LogP contribution in [0.3, 0.4) is 0 Å². The molecule has 0 bridgehead atoms. The molecule has 0 radical (unpaired) electrons. The fraction of sp³-hybridized carbons (Fsp3) is 0.333. The number of hydrogen-bond acceptors (Lipinski definition) is 3. The Kier molecular flexibility index (Phi) is 2.27. The Morgan fingerprint density at radius 2 is 2.10 bits per heavy atom. The second-order valence-electron chi connectivity index (χ2n) is 5.78. The molecular formula is C15H13NO3S. The summed E-state index contributed by atoms with van der Waals surface area (Å²) >= 11 is 1.25. The standard InChI is InChI=1S/C15H13NO3S/c17-13(10-7-15(10)3-4-15)16-9-1-2-11-8(5-9)6-12(20-11)14(18)19/h1-2,5-6,10H,3-4,7H2,(H,16,17)(H,18,19). The SMILES string of the molecule is O=C(O)c1cc2cc(NC(=O)C3CC34CC4)ccc2s1. The summed E-state index contributed by atoms with van der Waals surface area (Å²) in [7, 11) is 0. The molecule has 1 atom stereocenters. The second-order valence-corrected chi connectivity index (χ2v) is 6.86. The molecule has 20 heavy (non-hydrogen) atoms. The highest BCUT2D eigenvalue weighted by atomic mass is 32.1. The van der Waals surface area contributed by atoms with Crippen molar-refractivity contribution in [3.05, 3.63) is 29.1 Å². The van der Waals surface area contributed by atoms with Crippen molar-refractivity contribution in [2.75, 3.05) is 5.32 Å². The molecule has 1 amide bonds. The number of benzene rings is 1. The number of anilines is 1. The van der Waals surface area contributed by atoms with E-state index < -0.39 is 5.97 Å². The van der Waals surface area contributed by atoms with Gasteiger partial charge in [0.25, 0.3) is 0 Å². The number of fused-ring (bicyclic) bond motifs is 1. The second kappa shape index (κ2) is 3.82. The van der Waals surface area contributed by atoms with Crippen molar-refractivity contribution >= 4 is 39.0 Å². The largest absolute Gasteiger partial charge is 0.477 e. The lowest BCUT2D eigenvalue weighted by Gasteiger charge is -2.04. The van der Waals surface area contributed by atoms with E-state index in [1.807, 2.05) is 18.2 Å².